The zero-order valence-electron chi connectivity index (χ0n) is 20.6. The number of amides is 1. The zero-order valence-corrected chi connectivity index (χ0v) is 21.4. The summed E-state index contributed by atoms with van der Waals surface area (Å²) in [5, 5.41) is 0. The van der Waals surface area contributed by atoms with Gasteiger partial charge in [-0.2, -0.15) is 0 Å². The van der Waals surface area contributed by atoms with Gasteiger partial charge in [0.05, 0.1) is 17.2 Å². The average molecular weight is 504 g/mol. The molecule has 7 nitrogen and oxygen atoms in total. The van der Waals surface area contributed by atoms with Crippen LogP contribution >= 0.6 is 0 Å². The molecule has 4 aromatic rings. The molecule has 1 N–H and O–H groups in total. The molecule has 0 aliphatic rings. The van der Waals surface area contributed by atoms with Crippen molar-refractivity contribution in [3.8, 4) is 16.9 Å². The van der Waals surface area contributed by atoms with Gasteiger partial charge in [0, 0.05) is 29.8 Å². The molecule has 0 radical (unpaired) electrons. The van der Waals surface area contributed by atoms with Gasteiger partial charge in [0.2, 0.25) is 0 Å². The van der Waals surface area contributed by atoms with Gasteiger partial charge >= 0.3 is 6.09 Å². The number of hydrogen-bond donors (Lipinski definition) is 1. The first-order valence-corrected chi connectivity index (χ1v) is 13.3. The summed E-state index contributed by atoms with van der Waals surface area (Å²) >= 11 is 0. The summed E-state index contributed by atoms with van der Waals surface area (Å²) in [6.45, 7) is 6.06. The summed E-state index contributed by atoms with van der Waals surface area (Å²) in [4.78, 5) is 16.9. The molecule has 0 saturated heterocycles. The number of carbonyl (C=O) groups excluding carboxylic acids is 1. The minimum atomic E-state index is -3.97. The third-order valence-corrected chi connectivity index (χ3v) is 7.24. The summed E-state index contributed by atoms with van der Waals surface area (Å²) in [6.07, 6.45) is 0.253. The monoisotopic (exact) mass is 503 g/mol. The third kappa shape index (κ3) is 5.66. The van der Waals surface area contributed by atoms with E-state index in [1.165, 1.54) is 12.1 Å². The van der Waals surface area contributed by atoms with Crippen molar-refractivity contribution in [2.24, 2.45) is 0 Å². The highest BCUT2D eigenvalue weighted by atomic mass is 32.2. The number of nitrogens with zero attached hydrogens (tertiary/aromatic N) is 2. The maximum atomic E-state index is 12.3. The van der Waals surface area contributed by atoms with Gasteiger partial charge in [0.15, 0.2) is 0 Å². The smallest absolute Gasteiger partial charge is 0.421 e. The number of hydrogen-bond acceptors (Lipinski definition) is 5. The summed E-state index contributed by atoms with van der Waals surface area (Å²) in [5.74, 6) is 0.980. The van der Waals surface area contributed by atoms with Gasteiger partial charge in [0.1, 0.15) is 5.82 Å². The predicted molar refractivity (Wildman–Crippen MR) is 140 cm³/mol. The van der Waals surface area contributed by atoms with Crippen molar-refractivity contribution in [2.75, 3.05) is 6.61 Å². The quantitative estimate of drug-likeness (QED) is 0.349. The number of aryl methyl sites for hydroxylation is 2. The first-order valence-electron chi connectivity index (χ1n) is 11.8. The maximum Gasteiger partial charge on any atom is 0.421 e. The van der Waals surface area contributed by atoms with E-state index in [1.54, 1.807) is 12.1 Å². The Hall–Kier alpha value is -3.91. The molecule has 1 amide bonds. The number of nitrogens with one attached hydrogen (secondary N) is 1. The van der Waals surface area contributed by atoms with Crippen LogP contribution < -0.4 is 4.72 Å². The second-order valence-corrected chi connectivity index (χ2v) is 10.2. The molecule has 8 heteroatoms. The summed E-state index contributed by atoms with van der Waals surface area (Å²) in [7, 11) is -3.97. The van der Waals surface area contributed by atoms with Gasteiger partial charge < -0.3 is 9.30 Å². The van der Waals surface area contributed by atoms with E-state index in [-0.39, 0.29) is 11.5 Å². The summed E-state index contributed by atoms with van der Waals surface area (Å²) in [5.41, 5.74) is 6.02. The topological polar surface area (TPSA) is 90.3 Å². The van der Waals surface area contributed by atoms with Gasteiger partial charge in [0.25, 0.3) is 10.0 Å². The van der Waals surface area contributed by atoms with Crippen LogP contribution in [0.2, 0.25) is 0 Å². The molecule has 0 aliphatic carbocycles. The van der Waals surface area contributed by atoms with Gasteiger partial charge in [-0.05, 0) is 43.7 Å². The lowest BCUT2D eigenvalue weighted by Crippen LogP contribution is -2.31. The first kappa shape index (κ1) is 25.2. The van der Waals surface area contributed by atoms with Gasteiger partial charge in [-0.25, -0.2) is 22.9 Å². The normalized spacial score (nSPS) is 11.3. The molecule has 186 valence electrons. The van der Waals surface area contributed by atoms with Crippen LogP contribution in [-0.2, 0) is 27.6 Å². The largest absolute Gasteiger partial charge is 0.448 e. The molecule has 0 saturated carbocycles. The van der Waals surface area contributed by atoms with E-state index in [9.17, 15) is 13.2 Å². The first-order chi connectivity index (χ1) is 17.3. The van der Waals surface area contributed by atoms with E-state index in [4.69, 9.17) is 9.72 Å². The lowest BCUT2D eigenvalue weighted by molar-refractivity contribution is 0.154. The Morgan fingerprint density at radius 2 is 1.61 bits per heavy atom. The fourth-order valence-corrected chi connectivity index (χ4v) is 4.89. The fourth-order valence-electron chi connectivity index (χ4n) is 4.00. The molecule has 3 aromatic carbocycles. The van der Waals surface area contributed by atoms with E-state index < -0.39 is 16.1 Å². The Balaban J connectivity index is 1.38. The van der Waals surface area contributed by atoms with E-state index in [2.05, 4.69) is 30.5 Å². The molecule has 0 spiro atoms. The summed E-state index contributed by atoms with van der Waals surface area (Å²) < 4.78 is 33.8. The minimum Gasteiger partial charge on any atom is -0.448 e. The Morgan fingerprint density at radius 1 is 0.944 bits per heavy atom. The molecule has 4 rings (SSSR count). The van der Waals surface area contributed by atoms with E-state index >= 15 is 0 Å². The molecule has 0 unspecified atom stereocenters. The highest BCUT2D eigenvalue weighted by molar-refractivity contribution is 7.90. The second-order valence-electron chi connectivity index (χ2n) is 8.49. The number of benzene rings is 3. The second kappa shape index (κ2) is 10.8. The van der Waals surface area contributed by atoms with Crippen molar-refractivity contribution in [1.82, 2.24) is 14.3 Å². The van der Waals surface area contributed by atoms with Crippen molar-refractivity contribution >= 4 is 16.1 Å². The number of ether oxygens (including phenoxy) is 1. The van der Waals surface area contributed by atoms with Crippen molar-refractivity contribution in [3.63, 3.8) is 0 Å². The van der Waals surface area contributed by atoms with E-state index in [1.807, 2.05) is 54.1 Å². The molecule has 0 bridgehead atoms. The van der Waals surface area contributed by atoms with Crippen LogP contribution in [0.3, 0.4) is 0 Å². The van der Waals surface area contributed by atoms with Crippen LogP contribution in [0.25, 0.3) is 16.9 Å². The zero-order chi connectivity index (χ0) is 25.7. The van der Waals surface area contributed by atoms with Crippen molar-refractivity contribution < 1.29 is 17.9 Å². The van der Waals surface area contributed by atoms with Crippen LogP contribution in [-0.4, -0.2) is 30.7 Å². The molecule has 1 heterocycles. The number of aromatic nitrogens is 2. The van der Waals surface area contributed by atoms with Gasteiger partial charge in [-0.3, -0.25) is 0 Å². The number of carbonyl (C=O) groups is 1. The SMILES string of the molecule is CCc1nc(-c2ccccc2)c(C)n1-c1ccc(CCOC(=O)NS(=O)(=O)c2ccc(C)cc2)cc1. The van der Waals surface area contributed by atoms with E-state index in [0.29, 0.717) is 6.42 Å². The highest BCUT2D eigenvalue weighted by Crippen LogP contribution is 2.27. The van der Waals surface area contributed by atoms with Gasteiger partial charge in [-0.15, -0.1) is 0 Å². The van der Waals surface area contributed by atoms with Crippen LogP contribution in [0.15, 0.2) is 83.8 Å². The summed E-state index contributed by atoms with van der Waals surface area (Å²) in [6, 6.07) is 24.3. The molecular formula is C28H29N3O4S. The number of rotatable bonds is 8. The molecule has 0 aliphatic heterocycles. The lowest BCUT2D eigenvalue weighted by atomic mass is 10.1. The Bertz CT molecular complexity index is 1440. The minimum absolute atomic E-state index is 0.0114. The van der Waals surface area contributed by atoms with Crippen molar-refractivity contribution in [3.05, 3.63) is 102 Å². The van der Waals surface area contributed by atoms with Crippen molar-refractivity contribution in [1.29, 1.82) is 0 Å². The Morgan fingerprint density at radius 3 is 2.25 bits per heavy atom. The van der Waals surface area contributed by atoms with Crippen LogP contribution in [0, 0.1) is 13.8 Å². The standard InChI is InChI=1S/C28H29N3O4S/c1-4-26-29-27(23-8-6-5-7-9-23)21(3)31(26)24-14-12-22(13-15-24)18-19-35-28(32)30-36(33,34)25-16-10-20(2)11-17-25/h5-17H,4,18-19H2,1-3H3,(H,30,32). The molecular weight excluding hydrogens is 474 g/mol. The van der Waals surface area contributed by atoms with Crippen LogP contribution in [0.5, 0.6) is 0 Å². The molecule has 36 heavy (non-hydrogen) atoms. The Labute approximate surface area is 211 Å². The average Bonchev–Trinajstić information content (AvgIpc) is 3.21. The van der Waals surface area contributed by atoms with Crippen LogP contribution in [0.4, 0.5) is 4.79 Å². The maximum absolute atomic E-state index is 12.3. The van der Waals surface area contributed by atoms with Gasteiger partial charge in [-0.1, -0.05) is 67.1 Å². The van der Waals surface area contributed by atoms with E-state index in [0.717, 1.165) is 46.0 Å². The lowest BCUT2D eigenvalue weighted by Gasteiger charge is -2.11. The highest BCUT2D eigenvalue weighted by Gasteiger charge is 2.18. The van der Waals surface area contributed by atoms with Crippen LogP contribution in [0.1, 0.15) is 29.6 Å². The molecule has 0 fully saturated rings. The predicted octanol–water partition coefficient (Wildman–Crippen LogP) is 5.38. The molecule has 1 aromatic heterocycles. The number of imidazole rings is 1. The van der Waals surface area contributed by atoms with Crippen molar-refractivity contribution in [2.45, 2.75) is 38.5 Å². The molecule has 0 atom stereocenters. The number of sulfonamides is 1. The fraction of sp³-hybridized carbons (Fsp3) is 0.214. The Kier molecular flexibility index (Phi) is 7.55. The third-order valence-electron chi connectivity index (χ3n) is 5.91.